The molecule has 4 nitrogen and oxygen atoms in total. The summed E-state index contributed by atoms with van der Waals surface area (Å²) >= 11 is 0. The number of aryl methyl sites for hydroxylation is 2. The van der Waals surface area contributed by atoms with Gasteiger partial charge in [0, 0.05) is 44.5 Å². The topological polar surface area (TPSA) is 37.9 Å². The van der Waals surface area contributed by atoms with Gasteiger partial charge in [-0.2, -0.15) is 0 Å². The molecule has 119 valence electrons. The number of hydrogen-bond donors (Lipinski definition) is 1. The number of aromatic nitrogens is 2. The Labute approximate surface area is 167 Å². The Morgan fingerprint density at radius 3 is 2.33 bits per heavy atom. The molecule has 1 heterocycles. The minimum atomic E-state index is -0.0386. The normalized spacial score (nSPS) is 10.1. The van der Waals surface area contributed by atoms with Crippen molar-refractivity contribution in [2.24, 2.45) is 0 Å². The Bertz CT molecular complexity index is 807. The summed E-state index contributed by atoms with van der Waals surface area (Å²) in [5.41, 5.74) is 4.07. The summed E-state index contributed by atoms with van der Waals surface area (Å²) < 4.78 is 3.85. The molecule has 0 saturated heterocycles. The van der Waals surface area contributed by atoms with E-state index in [0.717, 1.165) is 22.5 Å². The molecule has 1 radical (unpaired) electrons. The summed E-state index contributed by atoms with van der Waals surface area (Å²) in [5.74, 6) is -0.0386. The number of nitrogens with one attached hydrogen (secondary N) is 1. The number of benzene rings is 2. The van der Waals surface area contributed by atoms with E-state index in [2.05, 4.69) is 5.32 Å². The SMILES string of the molecule is Cc1cccc(C)c1NC(=O)C[n+]1cccn1-c1ccccc1.[Y]. The second-order valence-electron chi connectivity index (χ2n) is 5.58. The summed E-state index contributed by atoms with van der Waals surface area (Å²) in [6.07, 6.45) is 3.85. The molecule has 1 aromatic heterocycles. The van der Waals surface area contributed by atoms with Crippen molar-refractivity contribution in [2.45, 2.75) is 20.4 Å². The number of amides is 1. The standard InChI is InChI=1S/C19H19N3O.Y/c1-15-8-6-9-16(2)19(15)20-18(23)14-21-12-7-13-22(21)17-10-4-3-5-11-17;/h3-13H,14H2,1-2H3;/p+1. The molecule has 3 aromatic rings. The van der Waals surface area contributed by atoms with Crippen LogP contribution in [0.4, 0.5) is 5.69 Å². The molecule has 0 aliphatic carbocycles. The van der Waals surface area contributed by atoms with Gasteiger partial charge in [-0.15, -0.1) is 9.36 Å². The molecule has 0 bridgehead atoms. The first-order chi connectivity index (χ1) is 11.1. The third-order valence-corrected chi connectivity index (χ3v) is 3.83. The number of carbonyl (C=O) groups is 1. The van der Waals surface area contributed by atoms with Gasteiger partial charge in [0.25, 0.3) is 5.91 Å². The Balaban J connectivity index is 0.00000208. The van der Waals surface area contributed by atoms with Gasteiger partial charge in [-0.3, -0.25) is 4.79 Å². The van der Waals surface area contributed by atoms with Crippen LogP contribution in [0, 0.1) is 13.8 Å². The molecular weight excluding hydrogens is 375 g/mol. The van der Waals surface area contributed by atoms with Crippen molar-refractivity contribution in [1.29, 1.82) is 0 Å². The molecule has 1 N–H and O–H groups in total. The molecule has 0 saturated carbocycles. The summed E-state index contributed by atoms with van der Waals surface area (Å²) in [6.45, 7) is 4.26. The molecule has 0 aliphatic heterocycles. The Morgan fingerprint density at radius 1 is 1.00 bits per heavy atom. The number of para-hydroxylation sites is 2. The van der Waals surface area contributed by atoms with Gasteiger partial charge >= 0.3 is 0 Å². The van der Waals surface area contributed by atoms with Crippen molar-refractivity contribution >= 4 is 11.6 Å². The average molecular weight is 395 g/mol. The van der Waals surface area contributed by atoms with Crippen LogP contribution in [-0.4, -0.2) is 10.6 Å². The first-order valence-corrected chi connectivity index (χ1v) is 7.64. The third kappa shape index (κ3) is 4.19. The zero-order chi connectivity index (χ0) is 16.2. The van der Waals surface area contributed by atoms with Crippen LogP contribution in [0.5, 0.6) is 0 Å². The van der Waals surface area contributed by atoms with E-state index in [9.17, 15) is 4.79 Å². The summed E-state index contributed by atoms with van der Waals surface area (Å²) in [6, 6.07) is 17.9. The smallest absolute Gasteiger partial charge is 0.292 e. The van der Waals surface area contributed by atoms with E-state index in [1.165, 1.54) is 0 Å². The zero-order valence-corrected chi connectivity index (χ0v) is 16.8. The minimum absolute atomic E-state index is 0. The molecular formula is C19H20N3OY+. The van der Waals surface area contributed by atoms with Gasteiger partial charge in [0.1, 0.15) is 5.69 Å². The predicted octanol–water partition coefficient (Wildman–Crippen LogP) is 3.02. The van der Waals surface area contributed by atoms with E-state index in [0.29, 0.717) is 0 Å². The summed E-state index contributed by atoms with van der Waals surface area (Å²) in [4.78, 5) is 12.4. The van der Waals surface area contributed by atoms with Crippen molar-refractivity contribution in [3.8, 4) is 5.69 Å². The van der Waals surface area contributed by atoms with Crippen LogP contribution in [0.3, 0.4) is 0 Å². The van der Waals surface area contributed by atoms with Gasteiger partial charge in [0.05, 0.1) is 6.20 Å². The van der Waals surface area contributed by atoms with Crippen LogP contribution in [-0.2, 0) is 44.0 Å². The van der Waals surface area contributed by atoms with Crippen LogP contribution < -0.4 is 10.00 Å². The molecule has 0 aliphatic rings. The number of carbonyl (C=O) groups excluding carboxylic acids is 1. The van der Waals surface area contributed by atoms with Crippen LogP contribution in [0.25, 0.3) is 5.69 Å². The molecule has 3 rings (SSSR count). The summed E-state index contributed by atoms with van der Waals surface area (Å²) in [7, 11) is 0. The van der Waals surface area contributed by atoms with Gasteiger partial charge in [-0.1, -0.05) is 36.4 Å². The van der Waals surface area contributed by atoms with Crippen molar-refractivity contribution in [3.63, 3.8) is 0 Å². The summed E-state index contributed by atoms with van der Waals surface area (Å²) in [5, 5.41) is 3.02. The average Bonchev–Trinajstić information content (AvgIpc) is 3.00. The molecule has 24 heavy (non-hydrogen) atoms. The minimum Gasteiger partial charge on any atom is -0.320 e. The number of hydrogen-bond acceptors (Lipinski definition) is 1. The van der Waals surface area contributed by atoms with E-state index in [1.807, 2.05) is 90.2 Å². The van der Waals surface area contributed by atoms with Gasteiger partial charge in [0.15, 0.2) is 6.20 Å². The van der Waals surface area contributed by atoms with Crippen LogP contribution in [0.2, 0.25) is 0 Å². The quantitative estimate of drug-likeness (QED) is 0.678. The van der Waals surface area contributed by atoms with Crippen molar-refractivity contribution in [1.82, 2.24) is 4.68 Å². The fourth-order valence-electron chi connectivity index (χ4n) is 2.66. The number of rotatable bonds is 4. The zero-order valence-electron chi connectivity index (χ0n) is 13.9. The fraction of sp³-hybridized carbons (Fsp3) is 0.158. The van der Waals surface area contributed by atoms with Crippen molar-refractivity contribution in [3.05, 3.63) is 78.1 Å². The maximum absolute atomic E-state index is 12.4. The predicted molar refractivity (Wildman–Crippen MR) is 90.5 cm³/mol. The van der Waals surface area contributed by atoms with Crippen LogP contribution >= 0.6 is 0 Å². The Hall–Kier alpha value is -1.78. The monoisotopic (exact) mass is 395 g/mol. The molecule has 2 aromatic carbocycles. The maximum Gasteiger partial charge on any atom is 0.292 e. The van der Waals surface area contributed by atoms with Crippen molar-refractivity contribution < 1.29 is 42.2 Å². The third-order valence-electron chi connectivity index (χ3n) is 3.83. The number of nitrogens with zero attached hydrogens (tertiary/aromatic N) is 2. The molecule has 1 amide bonds. The first-order valence-electron chi connectivity index (χ1n) is 7.64. The molecule has 0 atom stereocenters. The molecule has 5 heteroatoms. The second kappa shape index (κ2) is 8.36. The van der Waals surface area contributed by atoms with E-state index < -0.39 is 0 Å². The van der Waals surface area contributed by atoms with E-state index in [4.69, 9.17) is 0 Å². The first kappa shape index (κ1) is 18.6. The van der Waals surface area contributed by atoms with Gasteiger partial charge < -0.3 is 5.32 Å². The van der Waals surface area contributed by atoms with Crippen LogP contribution in [0.15, 0.2) is 67.0 Å². The fourth-order valence-corrected chi connectivity index (χ4v) is 2.66. The van der Waals surface area contributed by atoms with Crippen LogP contribution in [0.1, 0.15) is 11.1 Å². The molecule has 0 unspecified atom stereocenters. The number of anilines is 1. The van der Waals surface area contributed by atoms with Crippen molar-refractivity contribution in [2.75, 3.05) is 5.32 Å². The maximum atomic E-state index is 12.4. The van der Waals surface area contributed by atoms with Gasteiger partial charge in [-0.25, -0.2) is 0 Å². The largest absolute Gasteiger partial charge is 0.320 e. The van der Waals surface area contributed by atoms with Gasteiger partial charge in [-0.05, 0) is 37.1 Å². The Kier molecular flexibility index (Phi) is 6.47. The Morgan fingerprint density at radius 2 is 1.67 bits per heavy atom. The molecule has 0 spiro atoms. The van der Waals surface area contributed by atoms with E-state index >= 15 is 0 Å². The van der Waals surface area contributed by atoms with E-state index in [1.54, 1.807) is 0 Å². The van der Waals surface area contributed by atoms with Gasteiger partial charge in [0.2, 0.25) is 6.54 Å². The molecule has 0 fully saturated rings. The second-order valence-corrected chi connectivity index (χ2v) is 5.58. The van der Waals surface area contributed by atoms with E-state index in [-0.39, 0.29) is 45.2 Å².